The fraction of sp³-hybridized carbons (Fsp3) is 0.348. The molecule has 2 aliphatic heterocycles. The maximum absolute atomic E-state index is 5.32. The van der Waals surface area contributed by atoms with Gasteiger partial charge in [-0.3, -0.25) is 4.90 Å². The van der Waals surface area contributed by atoms with Crippen LogP contribution in [0.15, 0.2) is 36.1 Å². The summed E-state index contributed by atoms with van der Waals surface area (Å²) in [6.45, 7) is 6.67. The molecule has 0 N–H and O–H groups in total. The molecule has 2 aliphatic rings. The third-order valence-electron chi connectivity index (χ3n) is 6.29. The molecule has 7 nitrogen and oxygen atoms in total. The topological polar surface area (TPSA) is 59.3 Å². The Morgan fingerprint density at radius 2 is 2.00 bits per heavy atom. The van der Waals surface area contributed by atoms with E-state index in [0.717, 1.165) is 56.5 Å². The van der Waals surface area contributed by atoms with E-state index in [-0.39, 0.29) is 0 Å². The van der Waals surface area contributed by atoms with Crippen LogP contribution in [0.5, 0.6) is 5.75 Å². The van der Waals surface area contributed by atoms with E-state index in [2.05, 4.69) is 43.9 Å². The molecule has 0 spiro atoms. The zero-order valence-corrected chi connectivity index (χ0v) is 19.7. The van der Waals surface area contributed by atoms with Crippen molar-refractivity contribution in [3.63, 3.8) is 0 Å². The quantitative estimate of drug-likeness (QED) is 0.439. The Kier molecular flexibility index (Phi) is 4.97. The lowest BCUT2D eigenvalue weighted by Gasteiger charge is -2.30. The van der Waals surface area contributed by atoms with Gasteiger partial charge in [0.15, 0.2) is 5.82 Å². The summed E-state index contributed by atoms with van der Waals surface area (Å²) in [4.78, 5) is 16.9. The smallest absolute Gasteiger partial charge is 0.163 e. The van der Waals surface area contributed by atoms with Gasteiger partial charge in [0.1, 0.15) is 23.7 Å². The second kappa shape index (κ2) is 7.99. The van der Waals surface area contributed by atoms with Gasteiger partial charge in [0.25, 0.3) is 0 Å². The van der Waals surface area contributed by atoms with Gasteiger partial charge >= 0.3 is 0 Å². The van der Waals surface area contributed by atoms with Crippen molar-refractivity contribution >= 4 is 27.7 Å². The molecule has 0 radical (unpaired) electrons. The van der Waals surface area contributed by atoms with Crippen LogP contribution in [0.25, 0.3) is 11.4 Å². The Morgan fingerprint density at radius 3 is 2.78 bits per heavy atom. The van der Waals surface area contributed by atoms with Crippen LogP contribution >= 0.6 is 22.7 Å². The van der Waals surface area contributed by atoms with Gasteiger partial charge in [-0.25, -0.2) is 14.6 Å². The summed E-state index contributed by atoms with van der Waals surface area (Å²) in [5, 5.41) is 5.83. The number of ether oxygens (including phenoxy) is 1. The molecule has 6 rings (SSSR count). The molecule has 0 amide bonds. The van der Waals surface area contributed by atoms with Crippen LogP contribution in [-0.4, -0.2) is 38.3 Å². The molecule has 0 saturated heterocycles. The maximum atomic E-state index is 5.32. The van der Waals surface area contributed by atoms with Gasteiger partial charge in [-0.2, -0.15) is 5.10 Å². The van der Waals surface area contributed by atoms with Gasteiger partial charge in [-0.05, 0) is 36.6 Å². The number of aryl methyl sites for hydroxylation is 1. The van der Waals surface area contributed by atoms with Crippen molar-refractivity contribution in [2.75, 3.05) is 18.6 Å². The number of thiophene rings is 1. The molecule has 0 aliphatic carbocycles. The Morgan fingerprint density at radius 1 is 1.12 bits per heavy atom. The minimum Gasteiger partial charge on any atom is -0.497 e. The van der Waals surface area contributed by atoms with Crippen molar-refractivity contribution in [3.05, 3.63) is 62.7 Å². The van der Waals surface area contributed by atoms with Gasteiger partial charge < -0.3 is 9.64 Å². The minimum atomic E-state index is 0.720. The highest BCUT2D eigenvalue weighted by atomic mass is 32.1. The maximum Gasteiger partial charge on any atom is 0.163 e. The molecule has 0 atom stereocenters. The van der Waals surface area contributed by atoms with Crippen molar-refractivity contribution in [3.8, 4) is 17.1 Å². The average Bonchev–Trinajstić information content (AvgIpc) is 3.52. The zero-order chi connectivity index (χ0) is 21.7. The number of anilines is 1. The van der Waals surface area contributed by atoms with Gasteiger partial charge in [-0.15, -0.1) is 22.7 Å². The second-order valence-electron chi connectivity index (χ2n) is 8.28. The molecule has 32 heavy (non-hydrogen) atoms. The molecular formula is C23H24N6OS2. The van der Waals surface area contributed by atoms with Gasteiger partial charge in [0, 0.05) is 35.9 Å². The van der Waals surface area contributed by atoms with Crippen LogP contribution < -0.4 is 9.64 Å². The largest absolute Gasteiger partial charge is 0.497 e. The molecule has 0 fully saturated rings. The molecule has 0 unspecified atom stereocenters. The van der Waals surface area contributed by atoms with Gasteiger partial charge in [0.2, 0.25) is 0 Å². The fourth-order valence-electron chi connectivity index (χ4n) is 4.57. The summed E-state index contributed by atoms with van der Waals surface area (Å²) >= 11 is 3.69. The lowest BCUT2D eigenvalue weighted by molar-refractivity contribution is 0.250. The fourth-order valence-corrected chi connectivity index (χ4v) is 6.77. The summed E-state index contributed by atoms with van der Waals surface area (Å²) in [5.74, 6) is 1.89. The Balaban J connectivity index is 1.32. The first-order valence-corrected chi connectivity index (χ1v) is 12.4. The number of methoxy groups -OCH3 is 1. The van der Waals surface area contributed by atoms with E-state index in [9.17, 15) is 0 Å². The molecule has 9 heteroatoms. The molecule has 0 saturated carbocycles. The van der Waals surface area contributed by atoms with Crippen molar-refractivity contribution in [1.29, 1.82) is 0 Å². The predicted molar refractivity (Wildman–Crippen MR) is 127 cm³/mol. The van der Waals surface area contributed by atoms with Crippen LogP contribution in [0.4, 0.5) is 5.00 Å². The molecular weight excluding hydrogens is 440 g/mol. The summed E-state index contributed by atoms with van der Waals surface area (Å²) in [6.07, 6.45) is 2.73. The number of hydrogen-bond acceptors (Lipinski definition) is 8. The van der Waals surface area contributed by atoms with Crippen LogP contribution in [0, 0.1) is 6.92 Å². The average molecular weight is 465 g/mol. The van der Waals surface area contributed by atoms with Gasteiger partial charge in [0.05, 0.1) is 23.9 Å². The Labute approximate surface area is 194 Å². The number of thiazole rings is 1. The summed E-state index contributed by atoms with van der Waals surface area (Å²) < 4.78 is 7.35. The number of hydrogen-bond donors (Lipinski definition) is 0. The zero-order valence-electron chi connectivity index (χ0n) is 18.1. The highest BCUT2D eigenvalue weighted by Crippen LogP contribution is 2.47. The summed E-state index contributed by atoms with van der Waals surface area (Å²) in [7, 11) is 1.70. The third-order valence-corrected chi connectivity index (χ3v) is 8.49. The molecule has 1 aromatic carbocycles. The first-order valence-electron chi connectivity index (χ1n) is 10.7. The number of fused-ring (bicyclic) bond motifs is 5. The molecule has 0 bridgehead atoms. The summed E-state index contributed by atoms with van der Waals surface area (Å²) in [6, 6.07) is 8.34. The van der Waals surface area contributed by atoms with E-state index >= 15 is 0 Å². The standard InChI is InChI=1S/C23H24N6OS2/c1-15-19(31-13-25-15)10-27-8-7-18-20(11-27)32-23-21(18)22-24-12-26-29(22)14-28(23)9-16-3-5-17(30-2)6-4-16/h3-6,12-13H,7-11,14H2,1-2H3. The van der Waals surface area contributed by atoms with E-state index < -0.39 is 0 Å². The first kappa shape index (κ1) is 19.9. The molecule has 3 aromatic heterocycles. The van der Waals surface area contributed by atoms with Crippen molar-refractivity contribution in [2.45, 2.75) is 39.6 Å². The predicted octanol–water partition coefficient (Wildman–Crippen LogP) is 4.32. The minimum absolute atomic E-state index is 0.720. The Hall–Kier alpha value is -2.75. The van der Waals surface area contributed by atoms with Crippen molar-refractivity contribution < 1.29 is 4.74 Å². The van der Waals surface area contributed by atoms with Gasteiger partial charge in [-0.1, -0.05) is 12.1 Å². The normalized spacial score (nSPS) is 15.4. The SMILES string of the molecule is COc1ccc(CN2Cn3ncnc3-c3c2sc2c3CCN(Cc3scnc3C)C2)cc1. The van der Waals surface area contributed by atoms with E-state index in [1.165, 1.54) is 31.4 Å². The number of rotatable bonds is 5. The van der Waals surface area contributed by atoms with E-state index in [4.69, 9.17) is 4.74 Å². The lowest BCUT2D eigenvalue weighted by atomic mass is 10.0. The Bertz CT molecular complexity index is 1260. The molecule has 4 aromatic rings. The number of aromatic nitrogens is 4. The highest BCUT2D eigenvalue weighted by Gasteiger charge is 2.33. The van der Waals surface area contributed by atoms with E-state index in [1.807, 2.05) is 33.7 Å². The molecule has 164 valence electrons. The highest BCUT2D eigenvalue weighted by molar-refractivity contribution is 7.17. The van der Waals surface area contributed by atoms with Crippen LogP contribution in [0.1, 0.15) is 26.6 Å². The van der Waals surface area contributed by atoms with Crippen LogP contribution in [0.3, 0.4) is 0 Å². The number of nitrogens with zero attached hydrogens (tertiary/aromatic N) is 6. The second-order valence-corrected chi connectivity index (χ2v) is 10.3. The lowest BCUT2D eigenvalue weighted by Crippen LogP contribution is -2.31. The van der Waals surface area contributed by atoms with Crippen molar-refractivity contribution in [2.24, 2.45) is 0 Å². The first-order chi connectivity index (χ1) is 15.7. The monoisotopic (exact) mass is 464 g/mol. The van der Waals surface area contributed by atoms with Crippen LogP contribution in [-0.2, 0) is 32.7 Å². The van der Waals surface area contributed by atoms with Crippen LogP contribution in [0.2, 0.25) is 0 Å². The molecule has 5 heterocycles. The van der Waals surface area contributed by atoms with E-state index in [1.54, 1.807) is 24.8 Å². The third kappa shape index (κ3) is 3.41. The van der Waals surface area contributed by atoms with Crippen molar-refractivity contribution in [1.82, 2.24) is 24.6 Å². The summed E-state index contributed by atoms with van der Waals surface area (Å²) in [5.41, 5.74) is 7.11. The van der Waals surface area contributed by atoms with E-state index in [0.29, 0.717) is 0 Å². The number of benzene rings is 1.